The molecule has 7 nitrogen and oxygen atoms in total. The number of nitrogens with one attached hydrogen (secondary N) is 1. The van der Waals surface area contributed by atoms with Crippen LogP contribution < -0.4 is 10.9 Å². The Labute approximate surface area is 226 Å². The molecular formula is C23H15ClFN5O2S4. The Morgan fingerprint density at radius 1 is 1.19 bits per heavy atom. The molecule has 0 radical (unpaired) electrons. The summed E-state index contributed by atoms with van der Waals surface area (Å²) in [5.41, 5.74) is 2.00. The van der Waals surface area contributed by atoms with E-state index in [1.807, 2.05) is 13.0 Å². The van der Waals surface area contributed by atoms with Gasteiger partial charge in [0.25, 0.3) is 5.56 Å². The molecule has 0 spiro atoms. The molecule has 5 rings (SSSR count). The fourth-order valence-electron chi connectivity index (χ4n) is 3.42. The molecule has 5 aromatic rings. The number of halogens is 2. The van der Waals surface area contributed by atoms with Crippen LogP contribution >= 0.6 is 58.3 Å². The van der Waals surface area contributed by atoms with Crippen LogP contribution in [0.2, 0.25) is 5.02 Å². The molecule has 0 fully saturated rings. The lowest BCUT2D eigenvalue weighted by Crippen LogP contribution is -2.22. The maximum absolute atomic E-state index is 13.7. The second kappa shape index (κ2) is 10.2. The summed E-state index contributed by atoms with van der Waals surface area (Å²) in [6, 6.07) is 10.9. The van der Waals surface area contributed by atoms with Crippen LogP contribution in [0.25, 0.3) is 21.7 Å². The standard InChI is InChI=1S/C23H15ClFN5O2S4/c1-12-10-15(6-7-16(12)24)29-19-18(36-23(29)33)20(32)30(14-4-2-13(25)3-5-14)22(28-19)35-11-17(31)27-21-26-8-9-34-21/h2-10H,11H2,1H3,(H,26,27,31). The molecule has 1 amide bonds. The summed E-state index contributed by atoms with van der Waals surface area (Å²) in [7, 11) is 0. The van der Waals surface area contributed by atoms with Gasteiger partial charge in [-0.25, -0.2) is 14.4 Å². The van der Waals surface area contributed by atoms with Crippen molar-refractivity contribution in [2.75, 3.05) is 11.1 Å². The van der Waals surface area contributed by atoms with E-state index in [0.29, 0.717) is 30.1 Å². The Morgan fingerprint density at radius 2 is 1.94 bits per heavy atom. The SMILES string of the molecule is Cc1cc(-n2c(=S)sc3c(=O)n(-c4ccc(F)cc4)c(SCC(=O)Nc4nccs4)nc32)ccc1Cl. The van der Waals surface area contributed by atoms with Crippen LogP contribution in [0.5, 0.6) is 0 Å². The highest BCUT2D eigenvalue weighted by molar-refractivity contribution is 7.99. The molecule has 0 unspecified atom stereocenters. The number of benzene rings is 2. The number of amides is 1. The minimum Gasteiger partial charge on any atom is -0.301 e. The molecule has 0 saturated carbocycles. The van der Waals surface area contributed by atoms with E-state index in [0.717, 1.165) is 34.3 Å². The number of aryl methyl sites for hydroxylation is 1. The van der Waals surface area contributed by atoms with Gasteiger partial charge in [0.2, 0.25) is 5.91 Å². The Hall–Kier alpha value is -2.90. The van der Waals surface area contributed by atoms with E-state index in [9.17, 15) is 14.0 Å². The molecule has 0 saturated heterocycles. The summed E-state index contributed by atoms with van der Waals surface area (Å²) in [6.45, 7) is 1.88. The maximum atomic E-state index is 13.7. The highest BCUT2D eigenvalue weighted by Gasteiger charge is 2.20. The van der Waals surface area contributed by atoms with Crippen LogP contribution in [0, 0.1) is 16.7 Å². The van der Waals surface area contributed by atoms with Crippen LogP contribution in [0.4, 0.5) is 9.52 Å². The Bertz CT molecular complexity index is 1710. The van der Waals surface area contributed by atoms with Crippen molar-refractivity contribution in [2.45, 2.75) is 12.1 Å². The van der Waals surface area contributed by atoms with E-state index < -0.39 is 5.82 Å². The third kappa shape index (κ3) is 4.87. The van der Waals surface area contributed by atoms with Crippen LogP contribution in [-0.2, 0) is 4.79 Å². The van der Waals surface area contributed by atoms with Gasteiger partial charge in [0.15, 0.2) is 19.9 Å². The first-order valence-electron chi connectivity index (χ1n) is 10.3. The first-order chi connectivity index (χ1) is 17.3. The number of thiazole rings is 2. The molecule has 2 aromatic carbocycles. The molecule has 36 heavy (non-hydrogen) atoms. The van der Waals surface area contributed by atoms with Gasteiger partial charge in [-0.1, -0.05) is 34.7 Å². The van der Waals surface area contributed by atoms with Crippen LogP contribution in [0.1, 0.15) is 5.56 Å². The lowest BCUT2D eigenvalue weighted by Gasteiger charge is -2.13. The molecule has 1 N–H and O–H groups in total. The monoisotopic (exact) mass is 575 g/mol. The molecule has 0 bridgehead atoms. The smallest absolute Gasteiger partial charge is 0.278 e. The number of carbonyl (C=O) groups excluding carboxylic acids is 1. The van der Waals surface area contributed by atoms with E-state index in [2.05, 4.69) is 10.3 Å². The summed E-state index contributed by atoms with van der Waals surface area (Å²) >= 11 is 15.3. The molecule has 0 aliphatic rings. The normalized spacial score (nSPS) is 11.2. The van der Waals surface area contributed by atoms with Gasteiger partial charge in [-0.2, -0.15) is 0 Å². The molecule has 3 heterocycles. The highest BCUT2D eigenvalue weighted by Crippen LogP contribution is 2.29. The van der Waals surface area contributed by atoms with E-state index >= 15 is 0 Å². The molecule has 0 atom stereocenters. The van der Waals surface area contributed by atoms with Crippen molar-refractivity contribution in [1.82, 2.24) is 19.1 Å². The number of carbonyl (C=O) groups is 1. The number of fused-ring (bicyclic) bond motifs is 1. The number of rotatable bonds is 6. The van der Waals surface area contributed by atoms with Crippen molar-refractivity contribution in [1.29, 1.82) is 0 Å². The first-order valence-corrected chi connectivity index (χ1v) is 13.8. The maximum Gasteiger partial charge on any atom is 0.278 e. The predicted octanol–water partition coefficient (Wildman–Crippen LogP) is 6.26. The third-order valence-electron chi connectivity index (χ3n) is 5.07. The zero-order valence-electron chi connectivity index (χ0n) is 18.4. The summed E-state index contributed by atoms with van der Waals surface area (Å²) in [4.78, 5) is 35.0. The average Bonchev–Trinajstić information content (AvgIpc) is 3.48. The minimum atomic E-state index is -0.433. The van der Waals surface area contributed by atoms with Gasteiger partial charge < -0.3 is 5.32 Å². The van der Waals surface area contributed by atoms with Gasteiger partial charge in [-0.15, -0.1) is 11.3 Å². The number of hydrogen-bond donors (Lipinski definition) is 1. The summed E-state index contributed by atoms with van der Waals surface area (Å²) in [5.74, 6) is -0.757. The van der Waals surface area contributed by atoms with E-state index in [1.165, 1.54) is 40.2 Å². The number of nitrogens with zero attached hydrogens (tertiary/aromatic N) is 4. The van der Waals surface area contributed by atoms with E-state index in [1.54, 1.807) is 28.3 Å². The van der Waals surface area contributed by atoms with E-state index in [4.69, 9.17) is 28.8 Å². The Balaban J connectivity index is 1.65. The zero-order chi connectivity index (χ0) is 25.4. The van der Waals surface area contributed by atoms with E-state index in [-0.39, 0.29) is 22.4 Å². The summed E-state index contributed by atoms with van der Waals surface area (Å²) in [6.07, 6.45) is 1.59. The van der Waals surface area contributed by atoms with Crippen LogP contribution in [0.15, 0.2) is 64.0 Å². The number of hydrogen-bond acceptors (Lipinski definition) is 8. The number of thioether (sulfide) groups is 1. The van der Waals surface area contributed by atoms with Gasteiger partial charge in [0.1, 0.15) is 10.5 Å². The van der Waals surface area contributed by atoms with Crippen molar-refractivity contribution in [3.8, 4) is 11.4 Å². The fraction of sp³-hybridized carbons (Fsp3) is 0.0870. The van der Waals surface area contributed by atoms with Crippen molar-refractivity contribution in [3.05, 3.63) is 84.8 Å². The van der Waals surface area contributed by atoms with Crippen molar-refractivity contribution in [3.63, 3.8) is 0 Å². The topological polar surface area (TPSA) is 81.8 Å². The second-order valence-corrected chi connectivity index (χ2v) is 11.4. The van der Waals surface area contributed by atoms with Gasteiger partial charge in [-0.3, -0.25) is 18.7 Å². The molecule has 0 aliphatic heterocycles. The van der Waals surface area contributed by atoms with Gasteiger partial charge in [0, 0.05) is 22.3 Å². The molecular weight excluding hydrogens is 561 g/mol. The molecule has 182 valence electrons. The predicted molar refractivity (Wildman–Crippen MR) is 147 cm³/mol. The Kier molecular flexibility index (Phi) is 7.04. The van der Waals surface area contributed by atoms with Crippen LogP contribution in [0.3, 0.4) is 0 Å². The van der Waals surface area contributed by atoms with Crippen LogP contribution in [-0.4, -0.2) is 30.8 Å². The number of anilines is 1. The zero-order valence-corrected chi connectivity index (χ0v) is 22.4. The molecule has 13 heteroatoms. The minimum absolute atomic E-state index is 0.0242. The second-order valence-electron chi connectivity index (χ2n) is 7.48. The molecule has 0 aliphatic carbocycles. The lowest BCUT2D eigenvalue weighted by atomic mass is 10.2. The largest absolute Gasteiger partial charge is 0.301 e. The Morgan fingerprint density at radius 3 is 2.64 bits per heavy atom. The van der Waals surface area contributed by atoms with Gasteiger partial charge >= 0.3 is 0 Å². The van der Waals surface area contributed by atoms with Gasteiger partial charge in [0.05, 0.1) is 11.4 Å². The number of aromatic nitrogens is 4. The molecule has 3 aromatic heterocycles. The van der Waals surface area contributed by atoms with Crippen molar-refractivity contribution in [2.24, 2.45) is 0 Å². The lowest BCUT2D eigenvalue weighted by molar-refractivity contribution is -0.113. The average molecular weight is 576 g/mol. The first kappa shape index (κ1) is 24.8. The van der Waals surface area contributed by atoms with Gasteiger partial charge in [-0.05, 0) is 67.2 Å². The van der Waals surface area contributed by atoms with Crippen molar-refractivity contribution < 1.29 is 9.18 Å². The summed E-state index contributed by atoms with van der Waals surface area (Å²) < 4.78 is 17.5. The third-order valence-corrected chi connectivity index (χ3v) is 8.47. The fourth-order valence-corrected chi connectivity index (χ4v) is 6.19. The summed E-state index contributed by atoms with van der Waals surface area (Å²) in [5, 5.41) is 5.82. The van der Waals surface area contributed by atoms with Crippen molar-refractivity contribution >= 4 is 79.6 Å². The highest BCUT2D eigenvalue weighted by atomic mass is 35.5. The quantitative estimate of drug-likeness (QED) is 0.146.